The van der Waals surface area contributed by atoms with E-state index in [1.807, 2.05) is 0 Å². The normalized spacial score (nSPS) is 11.6. The van der Waals surface area contributed by atoms with Gasteiger partial charge in [-0.15, -0.1) is 0 Å². The number of sulfonamides is 1. The summed E-state index contributed by atoms with van der Waals surface area (Å²) >= 11 is 3.26. The van der Waals surface area contributed by atoms with Crippen molar-refractivity contribution in [2.45, 2.75) is 11.4 Å². The maximum absolute atomic E-state index is 12.2. The maximum atomic E-state index is 12.2. The Bertz CT molecular complexity index is 770. The highest BCUT2D eigenvalue weighted by Gasteiger charge is 2.20. The van der Waals surface area contributed by atoms with Gasteiger partial charge < -0.3 is 9.73 Å². The van der Waals surface area contributed by atoms with E-state index in [0.29, 0.717) is 10.2 Å². The number of rotatable bonds is 5. The number of nitrogens with zero attached hydrogens (tertiary/aromatic N) is 1. The molecule has 0 aliphatic rings. The summed E-state index contributed by atoms with van der Waals surface area (Å²) in [5.74, 6) is 0.223. The lowest BCUT2D eigenvalue weighted by atomic mass is 10.2. The van der Waals surface area contributed by atoms with Crippen LogP contribution in [0.3, 0.4) is 0 Å². The maximum Gasteiger partial charge on any atom is 0.252 e. The number of halogens is 1. The monoisotopic (exact) mass is 386 g/mol. The zero-order chi connectivity index (χ0) is 16.3. The van der Waals surface area contributed by atoms with Crippen LogP contribution in [0, 0.1) is 0 Å². The van der Waals surface area contributed by atoms with E-state index in [1.165, 1.54) is 38.6 Å². The van der Waals surface area contributed by atoms with E-state index >= 15 is 0 Å². The molecule has 0 aliphatic heterocycles. The predicted molar refractivity (Wildman–Crippen MR) is 84.9 cm³/mol. The van der Waals surface area contributed by atoms with Crippen molar-refractivity contribution >= 4 is 31.9 Å². The zero-order valence-electron chi connectivity index (χ0n) is 12.0. The number of carbonyl (C=O) groups is 1. The third kappa shape index (κ3) is 3.57. The molecular formula is C14H15BrN2O4S. The van der Waals surface area contributed by atoms with Crippen LogP contribution >= 0.6 is 15.9 Å². The Morgan fingerprint density at radius 2 is 2.05 bits per heavy atom. The van der Waals surface area contributed by atoms with Crippen LogP contribution in [0.4, 0.5) is 0 Å². The number of hydrogen-bond donors (Lipinski definition) is 1. The lowest BCUT2D eigenvalue weighted by Gasteiger charge is -2.13. The summed E-state index contributed by atoms with van der Waals surface area (Å²) < 4.78 is 31.0. The Hall–Kier alpha value is -1.64. The fourth-order valence-electron chi connectivity index (χ4n) is 1.73. The van der Waals surface area contributed by atoms with Crippen molar-refractivity contribution in [1.29, 1.82) is 0 Å². The molecule has 1 aromatic heterocycles. The molecular weight excluding hydrogens is 372 g/mol. The molecule has 6 nitrogen and oxygen atoms in total. The highest BCUT2D eigenvalue weighted by Crippen LogP contribution is 2.22. The SMILES string of the molecule is CN(C)S(=O)(=O)c1ccc(Br)c(C(=O)NCc2ccco2)c1. The minimum absolute atomic E-state index is 0.0591. The van der Waals surface area contributed by atoms with E-state index in [4.69, 9.17) is 4.42 Å². The summed E-state index contributed by atoms with van der Waals surface area (Å²) in [7, 11) is -0.717. The van der Waals surface area contributed by atoms with Crippen LogP contribution in [-0.4, -0.2) is 32.7 Å². The van der Waals surface area contributed by atoms with Gasteiger partial charge in [-0.2, -0.15) is 0 Å². The Labute approximate surface area is 137 Å². The van der Waals surface area contributed by atoms with Gasteiger partial charge in [-0.25, -0.2) is 12.7 Å². The topological polar surface area (TPSA) is 79.6 Å². The van der Waals surface area contributed by atoms with Gasteiger partial charge in [0.1, 0.15) is 5.76 Å². The van der Waals surface area contributed by atoms with E-state index < -0.39 is 10.0 Å². The molecule has 0 aliphatic carbocycles. The number of carbonyl (C=O) groups excluding carboxylic acids is 1. The molecule has 2 aromatic rings. The van der Waals surface area contributed by atoms with Crippen LogP contribution in [-0.2, 0) is 16.6 Å². The molecule has 0 atom stereocenters. The first-order valence-electron chi connectivity index (χ1n) is 6.35. The molecule has 0 bridgehead atoms. The van der Waals surface area contributed by atoms with E-state index in [-0.39, 0.29) is 22.9 Å². The fraction of sp³-hybridized carbons (Fsp3) is 0.214. The highest BCUT2D eigenvalue weighted by atomic mass is 79.9. The molecule has 0 unspecified atom stereocenters. The minimum atomic E-state index is -3.59. The quantitative estimate of drug-likeness (QED) is 0.853. The molecule has 0 radical (unpaired) electrons. The smallest absolute Gasteiger partial charge is 0.252 e. The van der Waals surface area contributed by atoms with E-state index in [1.54, 1.807) is 12.1 Å². The van der Waals surface area contributed by atoms with Gasteiger partial charge in [-0.05, 0) is 46.3 Å². The first kappa shape index (κ1) is 16.7. The third-order valence-corrected chi connectivity index (χ3v) is 5.47. The number of hydrogen-bond acceptors (Lipinski definition) is 4. The summed E-state index contributed by atoms with van der Waals surface area (Å²) in [4.78, 5) is 12.3. The minimum Gasteiger partial charge on any atom is -0.467 e. The van der Waals surface area contributed by atoms with Crippen molar-refractivity contribution in [2.75, 3.05) is 14.1 Å². The first-order chi connectivity index (χ1) is 10.3. The fourth-order valence-corrected chi connectivity index (χ4v) is 3.08. The van der Waals surface area contributed by atoms with Crippen LogP contribution in [0.5, 0.6) is 0 Å². The van der Waals surface area contributed by atoms with Crippen molar-refractivity contribution in [3.05, 3.63) is 52.4 Å². The molecule has 1 aromatic carbocycles. The third-order valence-electron chi connectivity index (χ3n) is 2.96. The molecule has 118 valence electrons. The molecule has 1 N–H and O–H groups in total. The van der Waals surface area contributed by atoms with Crippen LogP contribution in [0.15, 0.2) is 50.4 Å². The number of furan rings is 1. The lowest BCUT2D eigenvalue weighted by Crippen LogP contribution is -2.25. The van der Waals surface area contributed by atoms with Gasteiger partial charge in [-0.3, -0.25) is 4.79 Å². The molecule has 8 heteroatoms. The second kappa shape index (κ2) is 6.64. The Kier molecular flexibility index (Phi) is 5.05. The lowest BCUT2D eigenvalue weighted by molar-refractivity contribution is 0.0947. The van der Waals surface area contributed by atoms with E-state index in [2.05, 4.69) is 21.2 Å². The van der Waals surface area contributed by atoms with Crippen LogP contribution in [0.2, 0.25) is 0 Å². The van der Waals surface area contributed by atoms with Gasteiger partial charge in [0.2, 0.25) is 10.0 Å². The first-order valence-corrected chi connectivity index (χ1v) is 8.58. The summed E-state index contributed by atoms with van der Waals surface area (Å²) in [6.07, 6.45) is 1.52. The molecule has 22 heavy (non-hydrogen) atoms. The molecule has 1 amide bonds. The van der Waals surface area contributed by atoms with E-state index in [0.717, 1.165) is 4.31 Å². The number of nitrogens with one attached hydrogen (secondary N) is 1. The second-order valence-electron chi connectivity index (χ2n) is 4.69. The van der Waals surface area contributed by atoms with Crippen molar-refractivity contribution in [1.82, 2.24) is 9.62 Å². The largest absolute Gasteiger partial charge is 0.467 e. The van der Waals surface area contributed by atoms with Gasteiger partial charge in [0.15, 0.2) is 0 Å². The van der Waals surface area contributed by atoms with Gasteiger partial charge in [-0.1, -0.05) is 0 Å². The average Bonchev–Trinajstić information content (AvgIpc) is 2.98. The number of benzene rings is 1. The Balaban J connectivity index is 2.25. The van der Waals surface area contributed by atoms with Crippen molar-refractivity contribution < 1.29 is 17.6 Å². The molecule has 0 saturated heterocycles. The second-order valence-corrected chi connectivity index (χ2v) is 7.70. The van der Waals surface area contributed by atoms with Gasteiger partial charge in [0, 0.05) is 18.6 Å². The predicted octanol–water partition coefficient (Wildman–Crippen LogP) is 2.22. The van der Waals surface area contributed by atoms with Crippen LogP contribution < -0.4 is 5.32 Å². The summed E-state index contributed by atoms with van der Waals surface area (Å²) in [5, 5.41) is 2.68. The standard InChI is InChI=1S/C14H15BrN2O4S/c1-17(2)22(19,20)11-5-6-13(15)12(8-11)14(18)16-9-10-4-3-7-21-10/h3-8H,9H2,1-2H3,(H,16,18). The van der Waals surface area contributed by atoms with Crippen molar-refractivity contribution in [3.8, 4) is 0 Å². The highest BCUT2D eigenvalue weighted by molar-refractivity contribution is 9.10. The van der Waals surface area contributed by atoms with Gasteiger partial charge in [0.25, 0.3) is 5.91 Å². The van der Waals surface area contributed by atoms with E-state index in [9.17, 15) is 13.2 Å². The average molecular weight is 387 g/mol. The molecule has 0 fully saturated rings. The zero-order valence-corrected chi connectivity index (χ0v) is 14.4. The molecule has 0 saturated carbocycles. The molecule has 1 heterocycles. The molecule has 2 rings (SSSR count). The Morgan fingerprint density at radius 1 is 1.32 bits per heavy atom. The Morgan fingerprint density at radius 3 is 2.64 bits per heavy atom. The van der Waals surface area contributed by atoms with Crippen LogP contribution in [0.25, 0.3) is 0 Å². The van der Waals surface area contributed by atoms with Crippen LogP contribution in [0.1, 0.15) is 16.1 Å². The van der Waals surface area contributed by atoms with Crippen molar-refractivity contribution in [2.24, 2.45) is 0 Å². The van der Waals surface area contributed by atoms with Crippen molar-refractivity contribution in [3.63, 3.8) is 0 Å². The summed E-state index contributed by atoms with van der Waals surface area (Å²) in [5.41, 5.74) is 0.245. The number of amides is 1. The molecule has 0 spiro atoms. The van der Waals surface area contributed by atoms with Gasteiger partial charge in [0.05, 0.1) is 23.3 Å². The van der Waals surface area contributed by atoms with Gasteiger partial charge >= 0.3 is 0 Å². The summed E-state index contributed by atoms with van der Waals surface area (Å²) in [6, 6.07) is 7.79. The summed E-state index contributed by atoms with van der Waals surface area (Å²) in [6.45, 7) is 0.225.